The fourth-order valence-corrected chi connectivity index (χ4v) is 3.09. The minimum Gasteiger partial charge on any atom is -0.313 e. The maximum atomic E-state index is 13.4. The van der Waals surface area contributed by atoms with Gasteiger partial charge in [-0.05, 0) is 43.3 Å². The van der Waals surface area contributed by atoms with E-state index in [0.29, 0.717) is 11.8 Å². The molecule has 1 N–H and O–H groups in total. The summed E-state index contributed by atoms with van der Waals surface area (Å²) in [7, 11) is 1.94. The molecule has 0 aliphatic heterocycles. The van der Waals surface area contributed by atoms with Crippen molar-refractivity contribution in [2.75, 3.05) is 7.05 Å². The zero-order chi connectivity index (χ0) is 14.5. The van der Waals surface area contributed by atoms with Crippen molar-refractivity contribution in [3.8, 4) is 0 Å². The number of thioether (sulfide) groups is 1. The molecule has 2 aromatic carbocycles. The summed E-state index contributed by atoms with van der Waals surface area (Å²) in [5, 5.41) is 3.44. The van der Waals surface area contributed by atoms with Crippen molar-refractivity contribution in [1.82, 2.24) is 5.32 Å². The maximum Gasteiger partial charge on any atom is 0.142 e. The molecule has 0 aromatic heterocycles. The molecule has 0 aliphatic carbocycles. The van der Waals surface area contributed by atoms with E-state index in [1.54, 1.807) is 17.8 Å². The Kier molecular flexibility index (Phi) is 5.46. The van der Waals surface area contributed by atoms with Crippen LogP contribution < -0.4 is 5.32 Å². The molecule has 0 aliphatic rings. The highest BCUT2D eigenvalue weighted by Crippen LogP contribution is 2.29. The van der Waals surface area contributed by atoms with E-state index in [9.17, 15) is 4.39 Å². The highest BCUT2D eigenvalue weighted by molar-refractivity contribution is 7.98. The smallest absolute Gasteiger partial charge is 0.142 e. The van der Waals surface area contributed by atoms with Crippen molar-refractivity contribution < 1.29 is 4.39 Å². The second kappa shape index (κ2) is 7.11. The zero-order valence-electron chi connectivity index (χ0n) is 11.5. The fourth-order valence-electron chi connectivity index (χ4n) is 1.86. The van der Waals surface area contributed by atoms with E-state index in [4.69, 9.17) is 11.6 Å². The van der Waals surface area contributed by atoms with Gasteiger partial charge in [-0.3, -0.25) is 0 Å². The van der Waals surface area contributed by atoms with Gasteiger partial charge in [0.2, 0.25) is 0 Å². The summed E-state index contributed by atoms with van der Waals surface area (Å²) in [6, 6.07) is 13.6. The predicted octanol–water partition coefficient (Wildman–Crippen LogP) is 5.05. The average Bonchev–Trinajstić information content (AvgIpc) is 2.48. The van der Waals surface area contributed by atoms with Crippen molar-refractivity contribution in [3.63, 3.8) is 0 Å². The van der Waals surface area contributed by atoms with E-state index in [2.05, 4.69) is 30.4 Å². The third-order valence-corrected chi connectivity index (χ3v) is 4.68. The number of benzene rings is 2. The quantitative estimate of drug-likeness (QED) is 0.775. The van der Waals surface area contributed by atoms with Crippen molar-refractivity contribution in [1.29, 1.82) is 0 Å². The molecule has 1 unspecified atom stereocenters. The molecule has 0 bridgehead atoms. The lowest BCUT2D eigenvalue weighted by Gasteiger charge is -2.12. The molecule has 1 atom stereocenters. The summed E-state index contributed by atoms with van der Waals surface area (Å²) in [4.78, 5) is 1.16. The fraction of sp³-hybridized carbons (Fsp3) is 0.250. The van der Waals surface area contributed by atoms with Crippen molar-refractivity contribution in [3.05, 3.63) is 64.4 Å². The van der Waals surface area contributed by atoms with Crippen LogP contribution in [0.3, 0.4) is 0 Å². The molecule has 0 heterocycles. The molecule has 106 valence electrons. The van der Waals surface area contributed by atoms with Gasteiger partial charge in [0.25, 0.3) is 0 Å². The molecule has 0 spiro atoms. The van der Waals surface area contributed by atoms with Gasteiger partial charge in [0.15, 0.2) is 0 Å². The predicted molar refractivity (Wildman–Crippen MR) is 84.9 cm³/mol. The topological polar surface area (TPSA) is 12.0 Å². The maximum absolute atomic E-state index is 13.4. The third-order valence-electron chi connectivity index (χ3n) is 3.22. The van der Waals surface area contributed by atoms with Crippen molar-refractivity contribution in [2.24, 2.45) is 0 Å². The first kappa shape index (κ1) is 15.4. The van der Waals surface area contributed by atoms with Crippen LogP contribution in [-0.2, 0) is 5.75 Å². The van der Waals surface area contributed by atoms with Crippen LogP contribution in [0.2, 0.25) is 5.02 Å². The van der Waals surface area contributed by atoms with Crippen LogP contribution in [0.25, 0.3) is 0 Å². The Morgan fingerprint density at radius 3 is 2.75 bits per heavy atom. The lowest BCUT2D eigenvalue weighted by atomic mass is 10.1. The molecule has 2 aromatic rings. The third kappa shape index (κ3) is 3.75. The number of rotatable bonds is 5. The van der Waals surface area contributed by atoms with Crippen LogP contribution in [0.15, 0.2) is 47.4 Å². The van der Waals surface area contributed by atoms with Gasteiger partial charge in [0.1, 0.15) is 5.82 Å². The van der Waals surface area contributed by atoms with Crippen LogP contribution in [0.4, 0.5) is 4.39 Å². The Bertz CT molecular complexity index is 588. The Labute approximate surface area is 128 Å². The molecule has 0 saturated heterocycles. The average molecular weight is 310 g/mol. The van der Waals surface area contributed by atoms with Gasteiger partial charge >= 0.3 is 0 Å². The van der Waals surface area contributed by atoms with E-state index in [-0.39, 0.29) is 10.8 Å². The minimum atomic E-state index is -0.359. The Morgan fingerprint density at radius 1 is 1.25 bits per heavy atom. The second-order valence-electron chi connectivity index (χ2n) is 4.58. The molecule has 1 nitrogen and oxygen atoms in total. The van der Waals surface area contributed by atoms with Crippen LogP contribution >= 0.6 is 23.4 Å². The van der Waals surface area contributed by atoms with E-state index in [1.807, 2.05) is 19.2 Å². The Morgan fingerprint density at radius 2 is 2.00 bits per heavy atom. The van der Waals surface area contributed by atoms with Gasteiger partial charge in [-0.1, -0.05) is 35.9 Å². The van der Waals surface area contributed by atoms with Gasteiger partial charge in [-0.2, -0.15) is 0 Å². The van der Waals surface area contributed by atoms with Gasteiger partial charge in [0, 0.05) is 16.7 Å². The van der Waals surface area contributed by atoms with Gasteiger partial charge in [0.05, 0.1) is 5.02 Å². The van der Waals surface area contributed by atoms with Crippen LogP contribution in [0.1, 0.15) is 24.1 Å². The standard InChI is InChI=1S/C16H17ClFNS/c1-11(19-2)12-5-3-7-14(9-12)20-10-13-6-4-8-15(18)16(13)17/h3-9,11,19H,10H2,1-2H3. The summed E-state index contributed by atoms with van der Waals surface area (Å²) < 4.78 is 13.4. The Hall–Kier alpha value is -1.03. The lowest BCUT2D eigenvalue weighted by molar-refractivity contribution is 0.627. The largest absolute Gasteiger partial charge is 0.313 e. The number of hydrogen-bond acceptors (Lipinski definition) is 2. The van der Waals surface area contributed by atoms with E-state index in [1.165, 1.54) is 11.6 Å². The number of halogens is 2. The van der Waals surface area contributed by atoms with E-state index < -0.39 is 0 Å². The normalized spacial score (nSPS) is 12.4. The highest BCUT2D eigenvalue weighted by atomic mass is 35.5. The molecule has 2 rings (SSSR count). The van der Waals surface area contributed by atoms with Crippen LogP contribution in [-0.4, -0.2) is 7.05 Å². The number of nitrogens with one attached hydrogen (secondary N) is 1. The summed E-state index contributed by atoms with van der Waals surface area (Å²) in [5.41, 5.74) is 2.06. The van der Waals surface area contributed by atoms with Crippen molar-refractivity contribution in [2.45, 2.75) is 23.6 Å². The summed E-state index contributed by atoms with van der Waals surface area (Å²) in [5.74, 6) is 0.302. The molecular weight excluding hydrogens is 293 g/mol. The second-order valence-corrected chi connectivity index (χ2v) is 6.01. The first-order valence-electron chi connectivity index (χ1n) is 6.44. The SMILES string of the molecule is CNC(C)c1cccc(SCc2cccc(F)c2Cl)c1. The van der Waals surface area contributed by atoms with E-state index >= 15 is 0 Å². The van der Waals surface area contributed by atoms with E-state index in [0.717, 1.165) is 10.5 Å². The summed E-state index contributed by atoms with van der Waals surface area (Å²) in [6.45, 7) is 2.12. The monoisotopic (exact) mass is 309 g/mol. The molecular formula is C16H17ClFNS. The van der Waals surface area contributed by atoms with Gasteiger partial charge in [-0.15, -0.1) is 11.8 Å². The summed E-state index contributed by atoms with van der Waals surface area (Å²) in [6.07, 6.45) is 0. The molecule has 20 heavy (non-hydrogen) atoms. The molecule has 0 radical (unpaired) electrons. The molecule has 4 heteroatoms. The van der Waals surface area contributed by atoms with Crippen molar-refractivity contribution >= 4 is 23.4 Å². The van der Waals surface area contributed by atoms with Gasteiger partial charge in [-0.25, -0.2) is 4.39 Å². The molecule has 0 fully saturated rings. The molecule has 0 amide bonds. The highest BCUT2D eigenvalue weighted by Gasteiger charge is 2.07. The van der Waals surface area contributed by atoms with Crippen LogP contribution in [0, 0.1) is 5.82 Å². The minimum absolute atomic E-state index is 0.222. The van der Waals surface area contributed by atoms with Crippen LogP contribution in [0.5, 0.6) is 0 Å². The number of hydrogen-bond donors (Lipinski definition) is 1. The Balaban J connectivity index is 2.09. The molecule has 0 saturated carbocycles. The first-order chi connectivity index (χ1) is 9.61. The van der Waals surface area contributed by atoms with Gasteiger partial charge < -0.3 is 5.32 Å². The summed E-state index contributed by atoms with van der Waals surface area (Å²) >= 11 is 7.62. The first-order valence-corrected chi connectivity index (χ1v) is 7.81. The zero-order valence-corrected chi connectivity index (χ0v) is 13.1. The lowest BCUT2D eigenvalue weighted by Crippen LogP contribution is -2.11.